The quantitative estimate of drug-likeness (QED) is 0.606. The molecule has 0 aliphatic carbocycles. The van der Waals surface area contributed by atoms with Crippen LogP contribution in [0.5, 0.6) is 0 Å². The zero-order valence-corrected chi connectivity index (χ0v) is 15.4. The Labute approximate surface area is 161 Å². The highest BCUT2D eigenvalue weighted by Gasteiger charge is 2.12. The van der Waals surface area contributed by atoms with Gasteiger partial charge in [0.15, 0.2) is 0 Å². The van der Waals surface area contributed by atoms with E-state index in [0.717, 1.165) is 17.7 Å². The van der Waals surface area contributed by atoms with Gasteiger partial charge in [0.05, 0.1) is 12.0 Å². The average molecular weight is 389 g/mol. The molecule has 2 aromatic rings. The van der Waals surface area contributed by atoms with Crippen LogP contribution in [-0.2, 0) is 16.0 Å². The van der Waals surface area contributed by atoms with E-state index in [4.69, 9.17) is 0 Å². The van der Waals surface area contributed by atoms with Gasteiger partial charge >= 0.3 is 0 Å². The van der Waals surface area contributed by atoms with Crippen LogP contribution in [0.15, 0.2) is 42.5 Å². The van der Waals surface area contributed by atoms with Gasteiger partial charge in [-0.25, -0.2) is 8.78 Å². The van der Waals surface area contributed by atoms with E-state index in [9.17, 15) is 23.2 Å². The van der Waals surface area contributed by atoms with Crippen molar-refractivity contribution >= 4 is 23.4 Å². The zero-order valence-electron chi connectivity index (χ0n) is 15.4. The van der Waals surface area contributed by atoms with Crippen LogP contribution in [0.1, 0.15) is 28.8 Å². The Bertz CT molecular complexity index is 854. The third kappa shape index (κ3) is 6.46. The molecule has 8 heteroatoms. The molecule has 148 valence electrons. The van der Waals surface area contributed by atoms with Crippen LogP contribution in [0.2, 0.25) is 0 Å². The molecule has 0 unspecified atom stereocenters. The third-order valence-corrected chi connectivity index (χ3v) is 3.92. The predicted octanol–water partition coefficient (Wildman–Crippen LogP) is 2.40. The highest BCUT2D eigenvalue weighted by molar-refractivity contribution is 5.94. The van der Waals surface area contributed by atoms with Crippen molar-refractivity contribution in [1.82, 2.24) is 10.6 Å². The fourth-order valence-electron chi connectivity index (χ4n) is 2.42. The molecule has 28 heavy (non-hydrogen) atoms. The lowest BCUT2D eigenvalue weighted by Crippen LogP contribution is -2.26. The number of benzene rings is 2. The fourth-order valence-corrected chi connectivity index (χ4v) is 2.42. The molecule has 0 aliphatic rings. The van der Waals surface area contributed by atoms with Crippen molar-refractivity contribution in [2.75, 3.05) is 18.9 Å². The van der Waals surface area contributed by atoms with Gasteiger partial charge in [0.1, 0.15) is 11.6 Å². The standard InChI is InChI=1S/C20H21F2N3O3/c1-23-19(27)11-13-4-7-15(8-5-13)25-18(26)3-2-10-24-20(28)16-9-6-14(21)12-17(16)22/h4-9,12H,2-3,10-11H2,1H3,(H,23,27)(H,24,28)(H,25,26). The molecule has 0 saturated heterocycles. The van der Waals surface area contributed by atoms with E-state index in [-0.39, 0.29) is 36.8 Å². The number of amides is 3. The summed E-state index contributed by atoms with van der Waals surface area (Å²) >= 11 is 0. The molecule has 3 amide bonds. The van der Waals surface area contributed by atoms with E-state index in [1.165, 1.54) is 0 Å². The van der Waals surface area contributed by atoms with Gasteiger partial charge in [0.25, 0.3) is 5.91 Å². The maximum atomic E-state index is 13.5. The Morgan fingerprint density at radius 1 is 0.964 bits per heavy atom. The molecule has 0 fully saturated rings. The molecule has 0 radical (unpaired) electrons. The molecule has 0 saturated carbocycles. The first-order valence-electron chi connectivity index (χ1n) is 8.71. The molecule has 2 aromatic carbocycles. The fraction of sp³-hybridized carbons (Fsp3) is 0.250. The maximum absolute atomic E-state index is 13.5. The average Bonchev–Trinajstić information content (AvgIpc) is 2.66. The smallest absolute Gasteiger partial charge is 0.254 e. The summed E-state index contributed by atoms with van der Waals surface area (Å²) < 4.78 is 26.4. The number of halogens is 2. The van der Waals surface area contributed by atoms with Crippen molar-refractivity contribution in [3.8, 4) is 0 Å². The summed E-state index contributed by atoms with van der Waals surface area (Å²) in [4.78, 5) is 35.1. The van der Waals surface area contributed by atoms with Gasteiger partial charge in [-0.05, 0) is 36.2 Å². The van der Waals surface area contributed by atoms with Gasteiger partial charge < -0.3 is 16.0 Å². The highest BCUT2D eigenvalue weighted by atomic mass is 19.1. The Morgan fingerprint density at radius 3 is 2.32 bits per heavy atom. The van der Waals surface area contributed by atoms with Gasteiger partial charge in [0, 0.05) is 31.8 Å². The van der Waals surface area contributed by atoms with Crippen molar-refractivity contribution < 1.29 is 23.2 Å². The van der Waals surface area contributed by atoms with Crippen molar-refractivity contribution in [3.63, 3.8) is 0 Å². The number of carbonyl (C=O) groups is 3. The predicted molar refractivity (Wildman–Crippen MR) is 101 cm³/mol. The summed E-state index contributed by atoms with van der Waals surface area (Å²) in [5.74, 6) is -2.69. The number of nitrogens with one attached hydrogen (secondary N) is 3. The molecule has 0 bridgehead atoms. The Morgan fingerprint density at radius 2 is 1.68 bits per heavy atom. The van der Waals surface area contributed by atoms with E-state index in [1.54, 1.807) is 31.3 Å². The number of rotatable bonds is 8. The van der Waals surface area contributed by atoms with Gasteiger partial charge in [-0.1, -0.05) is 12.1 Å². The second-order valence-corrected chi connectivity index (χ2v) is 6.08. The largest absolute Gasteiger partial charge is 0.359 e. The van der Waals surface area contributed by atoms with Gasteiger partial charge in [-0.15, -0.1) is 0 Å². The summed E-state index contributed by atoms with van der Waals surface area (Å²) in [7, 11) is 1.56. The lowest BCUT2D eigenvalue weighted by molar-refractivity contribution is -0.120. The van der Waals surface area contributed by atoms with Crippen molar-refractivity contribution in [3.05, 3.63) is 65.2 Å². The summed E-state index contributed by atoms with van der Waals surface area (Å²) in [5.41, 5.74) is 1.18. The number of carbonyl (C=O) groups excluding carboxylic acids is 3. The van der Waals surface area contributed by atoms with Crippen LogP contribution in [-0.4, -0.2) is 31.3 Å². The first-order chi connectivity index (χ1) is 13.4. The number of hydrogen-bond donors (Lipinski definition) is 3. The second kappa shape index (κ2) is 10.1. The second-order valence-electron chi connectivity index (χ2n) is 6.08. The van der Waals surface area contributed by atoms with Crippen LogP contribution in [0.25, 0.3) is 0 Å². The Kier molecular flexibility index (Phi) is 7.62. The number of anilines is 1. The summed E-state index contributed by atoms with van der Waals surface area (Å²) in [6.45, 7) is 0.175. The van der Waals surface area contributed by atoms with Crippen LogP contribution >= 0.6 is 0 Å². The van der Waals surface area contributed by atoms with Crippen LogP contribution in [0.3, 0.4) is 0 Å². The van der Waals surface area contributed by atoms with E-state index < -0.39 is 17.5 Å². The van der Waals surface area contributed by atoms with E-state index in [2.05, 4.69) is 16.0 Å². The monoisotopic (exact) mass is 389 g/mol. The SMILES string of the molecule is CNC(=O)Cc1ccc(NC(=O)CCCNC(=O)c2ccc(F)cc2F)cc1. The topological polar surface area (TPSA) is 87.3 Å². The normalized spacial score (nSPS) is 10.2. The highest BCUT2D eigenvalue weighted by Crippen LogP contribution is 2.11. The minimum Gasteiger partial charge on any atom is -0.359 e. The molecule has 0 aliphatic heterocycles. The summed E-state index contributed by atoms with van der Waals surface area (Å²) in [6, 6.07) is 9.63. The van der Waals surface area contributed by atoms with Gasteiger partial charge in [-0.3, -0.25) is 14.4 Å². The van der Waals surface area contributed by atoms with Crippen molar-refractivity contribution in [1.29, 1.82) is 0 Å². The first-order valence-corrected chi connectivity index (χ1v) is 8.71. The molecule has 0 heterocycles. The number of hydrogen-bond acceptors (Lipinski definition) is 3. The van der Waals surface area contributed by atoms with Crippen molar-refractivity contribution in [2.24, 2.45) is 0 Å². The lowest BCUT2D eigenvalue weighted by atomic mass is 10.1. The molecular weight excluding hydrogens is 368 g/mol. The molecule has 3 N–H and O–H groups in total. The van der Waals surface area contributed by atoms with E-state index in [0.29, 0.717) is 18.2 Å². The molecule has 0 spiro atoms. The van der Waals surface area contributed by atoms with Gasteiger partial charge in [0.2, 0.25) is 11.8 Å². The Hall–Kier alpha value is -3.29. The molecule has 2 rings (SSSR count). The third-order valence-electron chi connectivity index (χ3n) is 3.92. The minimum atomic E-state index is -0.935. The Balaban J connectivity index is 1.72. The summed E-state index contributed by atoms with van der Waals surface area (Å²) in [6.07, 6.45) is 0.778. The van der Waals surface area contributed by atoms with Crippen LogP contribution in [0, 0.1) is 11.6 Å². The zero-order chi connectivity index (χ0) is 20.5. The molecule has 0 aromatic heterocycles. The van der Waals surface area contributed by atoms with E-state index in [1.807, 2.05) is 0 Å². The minimum absolute atomic E-state index is 0.0978. The lowest BCUT2D eigenvalue weighted by Gasteiger charge is -2.08. The number of likely N-dealkylation sites (N-methyl/N-ethyl adjacent to an activating group) is 1. The molecule has 6 nitrogen and oxygen atoms in total. The molecular formula is C20H21F2N3O3. The van der Waals surface area contributed by atoms with Crippen LogP contribution < -0.4 is 16.0 Å². The summed E-state index contributed by atoms with van der Waals surface area (Å²) in [5, 5.41) is 7.74. The van der Waals surface area contributed by atoms with Crippen LogP contribution in [0.4, 0.5) is 14.5 Å². The first kappa shape index (κ1) is 21.0. The molecule has 0 atom stereocenters. The van der Waals surface area contributed by atoms with Crippen molar-refractivity contribution in [2.45, 2.75) is 19.3 Å². The van der Waals surface area contributed by atoms with Gasteiger partial charge in [-0.2, -0.15) is 0 Å². The van der Waals surface area contributed by atoms with E-state index >= 15 is 0 Å². The maximum Gasteiger partial charge on any atom is 0.254 e.